The number of amidine groups is 1. The van der Waals surface area contributed by atoms with Crippen LogP contribution in [-0.2, 0) is 13.1 Å². The van der Waals surface area contributed by atoms with Crippen LogP contribution in [-0.4, -0.2) is 51.5 Å². The van der Waals surface area contributed by atoms with Gasteiger partial charge in [-0.25, -0.2) is 4.39 Å². The summed E-state index contributed by atoms with van der Waals surface area (Å²) in [5, 5.41) is 6.65. The highest BCUT2D eigenvalue weighted by molar-refractivity contribution is 6.03. The number of ether oxygens (including phenoxy) is 2. The van der Waals surface area contributed by atoms with Gasteiger partial charge in [0.1, 0.15) is 17.3 Å². The quantitative estimate of drug-likeness (QED) is 0.396. The van der Waals surface area contributed by atoms with E-state index in [1.807, 2.05) is 25.1 Å². The lowest BCUT2D eigenvalue weighted by Crippen LogP contribution is -2.28. The SMILES string of the molecule is CNc1c(C(=O)N(C)Cc2cc(OC)cc(OC)c2)cc(CNC2=NCCC2)cc1-c1ccc(F)cc1C. The van der Waals surface area contributed by atoms with Crippen molar-refractivity contribution in [3.05, 3.63) is 76.6 Å². The fourth-order valence-corrected chi connectivity index (χ4v) is 4.78. The van der Waals surface area contributed by atoms with Gasteiger partial charge < -0.3 is 25.0 Å². The molecule has 4 rings (SSSR count). The number of carbonyl (C=O) groups excluding carboxylic acids is 1. The van der Waals surface area contributed by atoms with Gasteiger partial charge in [0.15, 0.2) is 0 Å². The van der Waals surface area contributed by atoms with Crippen LogP contribution in [0.5, 0.6) is 11.5 Å². The van der Waals surface area contributed by atoms with Gasteiger partial charge in [-0.2, -0.15) is 0 Å². The molecule has 3 aromatic carbocycles. The van der Waals surface area contributed by atoms with Crippen LogP contribution < -0.4 is 20.1 Å². The summed E-state index contributed by atoms with van der Waals surface area (Å²) in [5.41, 5.74) is 5.56. The predicted octanol–water partition coefficient (Wildman–Crippen LogP) is 5.41. The maximum absolute atomic E-state index is 13.9. The van der Waals surface area contributed by atoms with E-state index in [4.69, 9.17) is 9.47 Å². The lowest BCUT2D eigenvalue weighted by Gasteiger charge is -2.23. The van der Waals surface area contributed by atoms with Crippen molar-refractivity contribution in [3.63, 3.8) is 0 Å². The molecule has 0 atom stereocenters. The molecule has 8 heteroatoms. The second-order valence-corrected chi connectivity index (χ2v) is 9.44. The molecule has 0 aliphatic carbocycles. The molecule has 0 bridgehead atoms. The summed E-state index contributed by atoms with van der Waals surface area (Å²) in [5.74, 6) is 1.87. The molecule has 1 aliphatic heterocycles. The molecule has 38 heavy (non-hydrogen) atoms. The van der Waals surface area contributed by atoms with Crippen molar-refractivity contribution in [3.8, 4) is 22.6 Å². The molecular formula is C30H35FN4O3. The summed E-state index contributed by atoms with van der Waals surface area (Å²) < 4.78 is 24.7. The zero-order valence-electron chi connectivity index (χ0n) is 22.7. The van der Waals surface area contributed by atoms with E-state index in [0.717, 1.165) is 53.0 Å². The van der Waals surface area contributed by atoms with Crippen LogP contribution in [0.15, 0.2) is 53.5 Å². The number of nitrogens with one attached hydrogen (secondary N) is 2. The van der Waals surface area contributed by atoms with E-state index in [1.165, 1.54) is 12.1 Å². The van der Waals surface area contributed by atoms with Crippen molar-refractivity contribution in [2.45, 2.75) is 32.9 Å². The zero-order valence-corrected chi connectivity index (χ0v) is 22.7. The average Bonchev–Trinajstić information content (AvgIpc) is 3.44. The molecule has 0 spiro atoms. The van der Waals surface area contributed by atoms with Crippen LogP contribution >= 0.6 is 0 Å². The van der Waals surface area contributed by atoms with Crippen LogP contribution in [0, 0.1) is 12.7 Å². The summed E-state index contributed by atoms with van der Waals surface area (Å²) in [6.45, 7) is 3.61. The van der Waals surface area contributed by atoms with E-state index in [0.29, 0.717) is 35.8 Å². The Balaban J connectivity index is 1.73. The topological polar surface area (TPSA) is 75.2 Å². The third-order valence-electron chi connectivity index (χ3n) is 6.71. The number of carbonyl (C=O) groups is 1. The maximum atomic E-state index is 13.9. The number of hydrogen-bond donors (Lipinski definition) is 2. The van der Waals surface area contributed by atoms with Gasteiger partial charge in [-0.3, -0.25) is 9.79 Å². The standard InChI is InChI=1S/C30H35FN4O3/c1-19-11-22(31)8-9-25(19)26-14-20(17-34-28-7-6-10-33-28)15-27(29(26)32-2)30(36)35(3)18-21-12-23(37-4)16-24(13-21)38-5/h8-9,11-16,32H,6-7,10,17-18H2,1-5H3,(H,33,34). The molecule has 7 nitrogen and oxygen atoms in total. The highest BCUT2D eigenvalue weighted by Gasteiger charge is 2.22. The monoisotopic (exact) mass is 518 g/mol. The molecular weight excluding hydrogens is 483 g/mol. The number of rotatable bonds is 9. The molecule has 1 aliphatic rings. The van der Waals surface area contributed by atoms with E-state index < -0.39 is 0 Å². The maximum Gasteiger partial charge on any atom is 0.256 e. The van der Waals surface area contributed by atoms with E-state index in [2.05, 4.69) is 21.7 Å². The van der Waals surface area contributed by atoms with Crippen LogP contribution in [0.25, 0.3) is 11.1 Å². The molecule has 0 fully saturated rings. The van der Waals surface area contributed by atoms with Gasteiger partial charge in [-0.05, 0) is 72.0 Å². The molecule has 0 aromatic heterocycles. The Morgan fingerprint density at radius 2 is 1.76 bits per heavy atom. The first-order valence-electron chi connectivity index (χ1n) is 12.7. The second-order valence-electron chi connectivity index (χ2n) is 9.44. The van der Waals surface area contributed by atoms with Crippen LogP contribution in [0.3, 0.4) is 0 Å². The third kappa shape index (κ3) is 6.07. The molecule has 0 saturated heterocycles. The smallest absolute Gasteiger partial charge is 0.256 e. The van der Waals surface area contributed by atoms with Crippen molar-refractivity contribution in [1.29, 1.82) is 0 Å². The zero-order chi connectivity index (χ0) is 27.2. The number of amides is 1. The number of benzene rings is 3. The van der Waals surface area contributed by atoms with Gasteiger partial charge in [0.2, 0.25) is 0 Å². The summed E-state index contributed by atoms with van der Waals surface area (Å²) in [6.07, 6.45) is 1.97. The predicted molar refractivity (Wildman–Crippen MR) is 150 cm³/mol. The Kier molecular flexibility index (Phi) is 8.51. The number of hydrogen-bond acceptors (Lipinski definition) is 6. The Morgan fingerprint density at radius 1 is 1.03 bits per heavy atom. The van der Waals surface area contributed by atoms with Gasteiger partial charge in [0.05, 0.1) is 31.3 Å². The minimum atomic E-state index is -0.293. The van der Waals surface area contributed by atoms with Gasteiger partial charge in [0, 0.05) is 51.8 Å². The van der Waals surface area contributed by atoms with Crippen molar-refractivity contribution >= 4 is 17.4 Å². The van der Waals surface area contributed by atoms with Crippen molar-refractivity contribution < 1.29 is 18.7 Å². The van der Waals surface area contributed by atoms with Crippen molar-refractivity contribution in [2.24, 2.45) is 4.99 Å². The number of anilines is 1. The number of methoxy groups -OCH3 is 2. The first-order chi connectivity index (χ1) is 18.3. The lowest BCUT2D eigenvalue weighted by atomic mass is 9.93. The van der Waals surface area contributed by atoms with Crippen LogP contribution in [0.4, 0.5) is 10.1 Å². The Labute approximate surface area is 223 Å². The molecule has 1 amide bonds. The minimum absolute atomic E-state index is 0.141. The molecule has 0 unspecified atom stereocenters. The molecule has 0 saturated carbocycles. The number of aryl methyl sites for hydroxylation is 1. The fraction of sp³-hybridized carbons (Fsp3) is 0.333. The minimum Gasteiger partial charge on any atom is -0.497 e. The summed E-state index contributed by atoms with van der Waals surface area (Å²) in [6, 6.07) is 14.3. The summed E-state index contributed by atoms with van der Waals surface area (Å²) >= 11 is 0. The molecule has 200 valence electrons. The van der Waals surface area contributed by atoms with Crippen LogP contribution in [0.2, 0.25) is 0 Å². The highest BCUT2D eigenvalue weighted by atomic mass is 19.1. The van der Waals surface area contributed by atoms with Gasteiger partial charge in [-0.15, -0.1) is 0 Å². The van der Waals surface area contributed by atoms with E-state index in [1.54, 1.807) is 45.3 Å². The van der Waals surface area contributed by atoms with Crippen molar-refractivity contribution in [1.82, 2.24) is 10.2 Å². The Morgan fingerprint density at radius 3 is 2.37 bits per heavy atom. The summed E-state index contributed by atoms with van der Waals surface area (Å²) in [4.78, 5) is 20.1. The molecule has 3 aromatic rings. The Hall–Kier alpha value is -4.07. The van der Waals surface area contributed by atoms with Crippen LogP contribution in [0.1, 0.15) is 39.9 Å². The summed E-state index contributed by atoms with van der Waals surface area (Å²) in [7, 11) is 6.77. The average molecular weight is 519 g/mol. The first-order valence-corrected chi connectivity index (χ1v) is 12.7. The van der Waals surface area contributed by atoms with E-state index >= 15 is 0 Å². The largest absolute Gasteiger partial charge is 0.497 e. The first kappa shape index (κ1) is 27.0. The Bertz CT molecular complexity index is 1330. The molecule has 0 radical (unpaired) electrons. The van der Waals surface area contributed by atoms with Gasteiger partial charge in [-0.1, -0.05) is 6.07 Å². The lowest BCUT2D eigenvalue weighted by molar-refractivity contribution is 0.0785. The van der Waals surface area contributed by atoms with E-state index in [-0.39, 0.29) is 11.7 Å². The van der Waals surface area contributed by atoms with Gasteiger partial charge in [0.25, 0.3) is 5.91 Å². The normalized spacial score (nSPS) is 12.6. The van der Waals surface area contributed by atoms with E-state index in [9.17, 15) is 9.18 Å². The number of aliphatic imine (C=N–C) groups is 1. The highest BCUT2D eigenvalue weighted by Crippen LogP contribution is 2.36. The van der Waals surface area contributed by atoms with Gasteiger partial charge >= 0.3 is 0 Å². The number of nitrogens with zero attached hydrogens (tertiary/aromatic N) is 2. The van der Waals surface area contributed by atoms with Crippen molar-refractivity contribution in [2.75, 3.05) is 40.2 Å². The third-order valence-corrected chi connectivity index (χ3v) is 6.71. The molecule has 1 heterocycles. The second kappa shape index (κ2) is 12.0. The number of halogens is 1. The fourth-order valence-electron chi connectivity index (χ4n) is 4.78. The molecule has 2 N–H and O–H groups in total.